The van der Waals surface area contributed by atoms with Gasteiger partial charge in [0.1, 0.15) is 0 Å². The van der Waals surface area contributed by atoms with Gasteiger partial charge in [0.15, 0.2) is 0 Å². The Balaban J connectivity index is 1.56. The Kier molecular flexibility index (Phi) is 6.60. The fourth-order valence-corrected chi connectivity index (χ4v) is 4.90. The molecule has 3 aromatic rings. The summed E-state index contributed by atoms with van der Waals surface area (Å²) in [5.41, 5.74) is 5.93. The summed E-state index contributed by atoms with van der Waals surface area (Å²) in [5.74, 6) is 1.53. The van der Waals surface area contributed by atoms with Crippen molar-refractivity contribution in [1.82, 2.24) is 0 Å². The van der Waals surface area contributed by atoms with Crippen LogP contribution in [0.5, 0.6) is 0 Å². The minimum absolute atomic E-state index is 0.626. The maximum atomic E-state index is 2.36. The lowest BCUT2D eigenvalue weighted by Crippen LogP contribution is -2.14. The maximum Gasteiger partial charge on any atom is -0.00230 e. The van der Waals surface area contributed by atoms with Crippen LogP contribution in [0.3, 0.4) is 0 Å². The van der Waals surface area contributed by atoms with Crippen LogP contribution < -0.4 is 0 Å². The third kappa shape index (κ3) is 5.13. The molecule has 0 aliphatic heterocycles. The van der Waals surface area contributed by atoms with Gasteiger partial charge in [-0.25, -0.2) is 0 Å². The smallest absolute Gasteiger partial charge is 0.00230 e. The van der Waals surface area contributed by atoms with Crippen LogP contribution in [0.1, 0.15) is 66.7 Å². The van der Waals surface area contributed by atoms with Crippen LogP contribution in [-0.4, -0.2) is 0 Å². The zero-order valence-electron chi connectivity index (χ0n) is 16.9. The fourth-order valence-electron chi connectivity index (χ4n) is 4.90. The Morgan fingerprint density at radius 1 is 0.643 bits per heavy atom. The molecule has 0 nitrogen and oxygen atoms in total. The van der Waals surface area contributed by atoms with E-state index in [-0.39, 0.29) is 0 Å². The van der Waals surface area contributed by atoms with Gasteiger partial charge in [-0.15, -0.1) is 0 Å². The molecular weight excluding hydrogens is 336 g/mol. The molecule has 0 amide bonds. The second kappa shape index (κ2) is 9.73. The average molecular weight is 369 g/mol. The van der Waals surface area contributed by atoms with E-state index in [1.807, 2.05) is 0 Å². The molecular formula is C28H32. The van der Waals surface area contributed by atoms with Gasteiger partial charge < -0.3 is 0 Å². The summed E-state index contributed by atoms with van der Waals surface area (Å²) >= 11 is 0. The van der Waals surface area contributed by atoms with Crippen molar-refractivity contribution in [1.29, 1.82) is 0 Å². The van der Waals surface area contributed by atoms with Crippen molar-refractivity contribution in [3.05, 3.63) is 107 Å². The highest BCUT2D eigenvalue weighted by atomic mass is 14.3. The molecule has 1 fully saturated rings. The van der Waals surface area contributed by atoms with E-state index in [1.54, 1.807) is 0 Å². The van der Waals surface area contributed by atoms with Crippen molar-refractivity contribution in [3.8, 4) is 0 Å². The molecule has 4 rings (SSSR count). The van der Waals surface area contributed by atoms with E-state index in [4.69, 9.17) is 0 Å². The van der Waals surface area contributed by atoms with Gasteiger partial charge in [0, 0.05) is 0 Å². The van der Waals surface area contributed by atoms with Crippen LogP contribution in [0.15, 0.2) is 84.9 Å². The molecule has 1 unspecified atom stereocenters. The van der Waals surface area contributed by atoms with Gasteiger partial charge in [-0.1, -0.05) is 117 Å². The third-order valence-electron chi connectivity index (χ3n) is 6.44. The Hall–Kier alpha value is -2.34. The van der Waals surface area contributed by atoms with Crippen molar-refractivity contribution in [2.75, 3.05) is 0 Å². The number of benzene rings is 3. The molecule has 0 aromatic heterocycles. The molecule has 3 aromatic carbocycles. The predicted molar refractivity (Wildman–Crippen MR) is 120 cm³/mol. The highest BCUT2D eigenvalue weighted by Gasteiger charge is 2.21. The SMILES string of the molecule is c1ccc(Cc2ccccc2CC(CC2CCCCC2)c2ccccc2)cc1. The number of rotatable bonds is 7. The Morgan fingerprint density at radius 2 is 1.25 bits per heavy atom. The molecule has 0 radical (unpaired) electrons. The fraction of sp³-hybridized carbons (Fsp3) is 0.357. The summed E-state index contributed by atoms with van der Waals surface area (Å²) in [6, 6.07) is 31.2. The van der Waals surface area contributed by atoms with Gasteiger partial charge in [-0.05, 0) is 53.4 Å². The van der Waals surface area contributed by atoms with E-state index >= 15 is 0 Å². The quantitative estimate of drug-likeness (QED) is 0.403. The van der Waals surface area contributed by atoms with E-state index in [1.165, 1.54) is 60.8 Å². The standard InChI is InChI=1S/C28H32/c1-4-12-23(13-5-1)20-26-18-10-11-19-27(26)22-28(25-16-8-3-9-17-25)21-24-14-6-2-7-15-24/h1,3-5,8-13,16-19,24,28H,2,6-7,14-15,20-22H2. The van der Waals surface area contributed by atoms with E-state index in [0.717, 1.165) is 18.8 Å². The summed E-state index contributed by atoms with van der Waals surface area (Å²) in [5, 5.41) is 0. The van der Waals surface area contributed by atoms with Gasteiger partial charge in [-0.2, -0.15) is 0 Å². The van der Waals surface area contributed by atoms with Crippen LogP contribution in [-0.2, 0) is 12.8 Å². The minimum Gasteiger partial charge on any atom is -0.0622 e. The molecule has 0 bridgehead atoms. The molecule has 0 spiro atoms. The largest absolute Gasteiger partial charge is 0.0622 e. The number of hydrogen-bond acceptors (Lipinski definition) is 0. The molecule has 1 atom stereocenters. The summed E-state index contributed by atoms with van der Waals surface area (Å²) in [7, 11) is 0. The Bertz CT molecular complexity index is 828. The normalized spacial score (nSPS) is 16.0. The van der Waals surface area contributed by atoms with Gasteiger partial charge in [-0.3, -0.25) is 0 Å². The molecule has 0 saturated heterocycles. The second-order valence-corrected chi connectivity index (χ2v) is 8.48. The third-order valence-corrected chi connectivity index (χ3v) is 6.44. The van der Waals surface area contributed by atoms with Gasteiger partial charge in [0.25, 0.3) is 0 Å². The summed E-state index contributed by atoms with van der Waals surface area (Å²) in [4.78, 5) is 0. The second-order valence-electron chi connectivity index (χ2n) is 8.48. The van der Waals surface area contributed by atoms with Crippen LogP contribution in [0, 0.1) is 5.92 Å². The zero-order valence-corrected chi connectivity index (χ0v) is 16.9. The highest BCUT2D eigenvalue weighted by Crippen LogP contribution is 2.35. The molecule has 1 saturated carbocycles. The van der Waals surface area contributed by atoms with E-state index in [0.29, 0.717) is 5.92 Å². The molecule has 0 N–H and O–H groups in total. The van der Waals surface area contributed by atoms with Crippen LogP contribution >= 0.6 is 0 Å². The average Bonchev–Trinajstić information content (AvgIpc) is 2.77. The highest BCUT2D eigenvalue weighted by molar-refractivity contribution is 5.35. The maximum absolute atomic E-state index is 2.36. The summed E-state index contributed by atoms with van der Waals surface area (Å²) in [6.07, 6.45) is 10.7. The summed E-state index contributed by atoms with van der Waals surface area (Å²) < 4.78 is 0. The Labute approximate surface area is 170 Å². The molecule has 1 aliphatic rings. The first-order chi connectivity index (χ1) is 13.9. The van der Waals surface area contributed by atoms with Gasteiger partial charge in [0.2, 0.25) is 0 Å². The lowest BCUT2D eigenvalue weighted by Gasteiger charge is -2.27. The van der Waals surface area contributed by atoms with Crippen molar-refractivity contribution in [3.63, 3.8) is 0 Å². The number of hydrogen-bond donors (Lipinski definition) is 0. The Morgan fingerprint density at radius 3 is 1.96 bits per heavy atom. The minimum atomic E-state index is 0.626. The lowest BCUT2D eigenvalue weighted by atomic mass is 9.78. The first kappa shape index (κ1) is 19.0. The van der Waals surface area contributed by atoms with Gasteiger partial charge >= 0.3 is 0 Å². The van der Waals surface area contributed by atoms with E-state index in [2.05, 4.69) is 84.9 Å². The molecule has 0 heteroatoms. The monoisotopic (exact) mass is 368 g/mol. The molecule has 144 valence electrons. The van der Waals surface area contributed by atoms with Crippen molar-refractivity contribution in [2.24, 2.45) is 5.92 Å². The topological polar surface area (TPSA) is 0 Å². The molecule has 1 aliphatic carbocycles. The van der Waals surface area contributed by atoms with Crippen molar-refractivity contribution < 1.29 is 0 Å². The predicted octanol–water partition coefficient (Wildman–Crippen LogP) is 7.57. The lowest BCUT2D eigenvalue weighted by molar-refractivity contribution is 0.316. The van der Waals surface area contributed by atoms with Crippen LogP contribution in [0.4, 0.5) is 0 Å². The van der Waals surface area contributed by atoms with E-state index < -0.39 is 0 Å². The summed E-state index contributed by atoms with van der Waals surface area (Å²) in [6.45, 7) is 0. The zero-order chi connectivity index (χ0) is 19.0. The van der Waals surface area contributed by atoms with E-state index in [9.17, 15) is 0 Å². The van der Waals surface area contributed by atoms with Crippen molar-refractivity contribution in [2.45, 2.75) is 57.3 Å². The first-order valence-corrected chi connectivity index (χ1v) is 11.0. The van der Waals surface area contributed by atoms with Crippen LogP contribution in [0.2, 0.25) is 0 Å². The first-order valence-electron chi connectivity index (χ1n) is 11.0. The van der Waals surface area contributed by atoms with Gasteiger partial charge in [0.05, 0.1) is 0 Å². The van der Waals surface area contributed by atoms with Crippen LogP contribution in [0.25, 0.3) is 0 Å². The molecule has 28 heavy (non-hydrogen) atoms. The molecule has 0 heterocycles. The van der Waals surface area contributed by atoms with Crippen molar-refractivity contribution >= 4 is 0 Å².